The summed E-state index contributed by atoms with van der Waals surface area (Å²) in [5.74, 6) is 0. The molecule has 0 fully saturated rings. The van der Waals surface area contributed by atoms with E-state index in [1.54, 1.807) is 56.3 Å². The van der Waals surface area contributed by atoms with E-state index in [-0.39, 0.29) is 26.6 Å². The van der Waals surface area contributed by atoms with Gasteiger partial charge in [-0.15, -0.1) is 0 Å². The minimum atomic E-state index is -4.59. The largest absolute Gasteiger partial charge is 0.422 e. The van der Waals surface area contributed by atoms with E-state index in [0.717, 1.165) is 16.8 Å². The Balaban J connectivity index is 1.71. The smallest absolute Gasteiger partial charge is 0.344 e. The van der Waals surface area contributed by atoms with Crippen molar-refractivity contribution in [1.82, 2.24) is 0 Å². The van der Waals surface area contributed by atoms with Gasteiger partial charge in [-0.05, 0) is 80.1 Å². The van der Waals surface area contributed by atoms with Crippen molar-refractivity contribution in [2.45, 2.75) is 23.6 Å². The first-order valence-electron chi connectivity index (χ1n) is 12.7. The summed E-state index contributed by atoms with van der Waals surface area (Å²) in [5.41, 5.74) is 2.95. The molecule has 210 valence electrons. The second-order valence-electron chi connectivity index (χ2n) is 9.94. The molecule has 0 unspecified atom stereocenters. The lowest BCUT2D eigenvalue weighted by molar-refractivity contribution is 0.563. The van der Waals surface area contributed by atoms with Crippen LogP contribution in [0.25, 0.3) is 22.1 Å². The Labute approximate surface area is 239 Å². The SMILES string of the molecule is Cc1ccc(S(=O)(=O)N(c2ccc3oc(=O)c(-c4ccc(N(C)C)cc4)cc3c2)S(=O)(=O)c2ccc(C)cc2)cc1. The van der Waals surface area contributed by atoms with Crippen LogP contribution in [0.15, 0.2) is 116 Å². The van der Waals surface area contributed by atoms with E-state index in [1.165, 1.54) is 42.5 Å². The molecule has 5 rings (SSSR count). The highest BCUT2D eigenvalue weighted by Crippen LogP contribution is 2.34. The molecule has 0 spiro atoms. The predicted molar refractivity (Wildman–Crippen MR) is 161 cm³/mol. The summed E-state index contributed by atoms with van der Waals surface area (Å²) in [6.07, 6.45) is 0. The van der Waals surface area contributed by atoms with Gasteiger partial charge in [0.05, 0.1) is 21.0 Å². The van der Waals surface area contributed by atoms with E-state index in [1.807, 2.05) is 31.1 Å². The van der Waals surface area contributed by atoms with Crippen LogP contribution in [0.1, 0.15) is 11.1 Å². The van der Waals surface area contributed by atoms with Gasteiger partial charge in [-0.2, -0.15) is 3.71 Å². The monoisotopic (exact) mass is 588 g/mol. The molecule has 0 aliphatic carbocycles. The van der Waals surface area contributed by atoms with Gasteiger partial charge in [0.15, 0.2) is 0 Å². The zero-order chi connectivity index (χ0) is 29.5. The predicted octanol–water partition coefficient (Wildman–Crippen LogP) is 5.73. The highest BCUT2D eigenvalue weighted by atomic mass is 32.3. The van der Waals surface area contributed by atoms with E-state index in [0.29, 0.717) is 14.7 Å². The Morgan fingerprint density at radius 1 is 0.610 bits per heavy atom. The summed E-state index contributed by atoms with van der Waals surface area (Å²) in [7, 11) is -5.37. The van der Waals surface area contributed by atoms with Gasteiger partial charge < -0.3 is 9.32 Å². The van der Waals surface area contributed by atoms with Crippen molar-refractivity contribution in [1.29, 1.82) is 0 Å². The molecule has 1 heterocycles. The minimum absolute atomic E-state index is 0.124. The van der Waals surface area contributed by atoms with Crippen LogP contribution in [0.3, 0.4) is 0 Å². The highest BCUT2D eigenvalue weighted by molar-refractivity contribution is 8.10. The maximum atomic E-state index is 14.0. The van der Waals surface area contributed by atoms with Crippen LogP contribution in [0.5, 0.6) is 0 Å². The average molecular weight is 589 g/mol. The summed E-state index contributed by atoms with van der Waals surface area (Å²) in [6, 6.07) is 24.9. The molecule has 5 aromatic rings. The van der Waals surface area contributed by atoms with Crippen molar-refractivity contribution in [3.8, 4) is 11.1 Å². The number of sulfonamides is 2. The summed E-state index contributed by atoms with van der Waals surface area (Å²) in [5, 5.41) is 0.358. The molecule has 0 radical (unpaired) electrons. The van der Waals surface area contributed by atoms with Gasteiger partial charge in [-0.1, -0.05) is 47.5 Å². The van der Waals surface area contributed by atoms with Crippen molar-refractivity contribution in [3.63, 3.8) is 0 Å². The van der Waals surface area contributed by atoms with E-state index in [9.17, 15) is 21.6 Å². The Morgan fingerprint density at radius 3 is 1.59 bits per heavy atom. The first kappa shape index (κ1) is 28.1. The Hall–Kier alpha value is -4.41. The van der Waals surface area contributed by atoms with Gasteiger partial charge in [-0.3, -0.25) is 0 Å². The van der Waals surface area contributed by atoms with Gasteiger partial charge in [0, 0.05) is 25.2 Å². The number of benzene rings is 4. The Bertz CT molecular complexity index is 1940. The minimum Gasteiger partial charge on any atom is -0.422 e. The fraction of sp³-hybridized carbons (Fsp3) is 0.129. The Morgan fingerprint density at radius 2 is 1.10 bits per heavy atom. The summed E-state index contributed by atoms with van der Waals surface area (Å²) in [6.45, 7) is 3.61. The molecular formula is C31H28N2O6S2. The van der Waals surface area contributed by atoms with E-state index < -0.39 is 25.7 Å². The maximum Gasteiger partial charge on any atom is 0.344 e. The van der Waals surface area contributed by atoms with Crippen LogP contribution in [0.4, 0.5) is 11.4 Å². The molecule has 41 heavy (non-hydrogen) atoms. The van der Waals surface area contributed by atoms with Gasteiger partial charge in [0.2, 0.25) is 0 Å². The fourth-order valence-electron chi connectivity index (χ4n) is 4.38. The number of rotatable bonds is 7. The lowest BCUT2D eigenvalue weighted by atomic mass is 10.1. The molecule has 8 nitrogen and oxygen atoms in total. The van der Waals surface area contributed by atoms with E-state index >= 15 is 0 Å². The first-order chi connectivity index (χ1) is 19.4. The molecule has 0 amide bonds. The maximum absolute atomic E-state index is 14.0. The number of fused-ring (bicyclic) bond motifs is 1. The molecule has 0 bridgehead atoms. The third-order valence-corrected chi connectivity index (χ3v) is 10.9. The summed E-state index contributed by atoms with van der Waals surface area (Å²) >= 11 is 0. The molecule has 0 saturated heterocycles. The normalized spacial score (nSPS) is 11.9. The quantitative estimate of drug-likeness (QED) is 0.224. The number of hydrogen-bond donors (Lipinski definition) is 0. The molecular weight excluding hydrogens is 560 g/mol. The van der Waals surface area contributed by atoms with Gasteiger partial charge in [-0.25, -0.2) is 21.6 Å². The molecule has 0 aliphatic heterocycles. The van der Waals surface area contributed by atoms with E-state index in [4.69, 9.17) is 4.42 Å². The molecule has 0 saturated carbocycles. The molecule has 10 heteroatoms. The highest BCUT2D eigenvalue weighted by Gasteiger charge is 2.37. The third kappa shape index (κ3) is 5.36. The molecule has 4 aromatic carbocycles. The van der Waals surface area contributed by atoms with Crippen molar-refractivity contribution in [2.24, 2.45) is 0 Å². The molecule has 0 atom stereocenters. The van der Waals surface area contributed by atoms with Crippen LogP contribution >= 0.6 is 0 Å². The number of aryl methyl sites for hydroxylation is 2. The van der Waals surface area contributed by atoms with Crippen LogP contribution in [-0.4, -0.2) is 30.9 Å². The Kier molecular flexibility index (Phi) is 7.23. The number of hydrogen-bond acceptors (Lipinski definition) is 7. The standard InChI is InChI=1S/C31H28N2O6S2/c1-21-5-14-27(15-6-21)40(35,36)33(41(37,38)28-16-7-22(2)8-17-28)26-13-18-30-24(19-26)20-29(31(34)39-30)23-9-11-25(12-10-23)32(3)4/h5-20H,1-4H3. The van der Waals surface area contributed by atoms with Gasteiger partial charge in [0.1, 0.15) is 5.58 Å². The van der Waals surface area contributed by atoms with Crippen molar-refractivity contribution < 1.29 is 21.3 Å². The second-order valence-corrected chi connectivity index (χ2v) is 13.7. The first-order valence-corrected chi connectivity index (χ1v) is 15.6. The second kappa shape index (κ2) is 10.5. The van der Waals surface area contributed by atoms with Gasteiger partial charge >= 0.3 is 5.63 Å². The lowest BCUT2D eigenvalue weighted by Crippen LogP contribution is -2.37. The third-order valence-electron chi connectivity index (χ3n) is 6.70. The topological polar surface area (TPSA) is 105 Å². The molecule has 0 aliphatic rings. The van der Waals surface area contributed by atoms with Crippen molar-refractivity contribution in [3.05, 3.63) is 119 Å². The number of anilines is 2. The van der Waals surface area contributed by atoms with Crippen LogP contribution in [-0.2, 0) is 20.0 Å². The zero-order valence-electron chi connectivity index (χ0n) is 22.9. The van der Waals surface area contributed by atoms with Crippen molar-refractivity contribution >= 4 is 42.4 Å². The van der Waals surface area contributed by atoms with Crippen LogP contribution < -0.4 is 14.2 Å². The van der Waals surface area contributed by atoms with Crippen LogP contribution in [0, 0.1) is 13.8 Å². The summed E-state index contributed by atoms with van der Waals surface area (Å²) < 4.78 is 61.8. The van der Waals surface area contributed by atoms with Crippen LogP contribution in [0.2, 0.25) is 0 Å². The molecule has 1 aromatic heterocycles. The van der Waals surface area contributed by atoms with Crippen molar-refractivity contribution in [2.75, 3.05) is 22.7 Å². The average Bonchev–Trinajstić information content (AvgIpc) is 2.93. The fourth-order valence-corrected chi connectivity index (χ4v) is 8.06. The lowest BCUT2D eigenvalue weighted by Gasteiger charge is -2.24. The van der Waals surface area contributed by atoms with Gasteiger partial charge in [0.25, 0.3) is 20.0 Å². The zero-order valence-corrected chi connectivity index (χ0v) is 24.5. The number of nitrogens with zero attached hydrogens (tertiary/aromatic N) is 2. The van der Waals surface area contributed by atoms with E-state index in [2.05, 4.69) is 0 Å². The summed E-state index contributed by atoms with van der Waals surface area (Å²) in [4.78, 5) is 14.4. The molecule has 0 N–H and O–H groups in total.